The third kappa shape index (κ3) is 5.18. The number of likely N-dealkylation sites (tertiary alicyclic amines) is 1. The fourth-order valence-corrected chi connectivity index (χ4v) is 2.26. The topological polar surface area (TPSA) is 40.5 Å². The van der Waals surface area contributed by atoms with Gasteiger partial charge in [0.05, 0.1) is 0 Å². The van der Waals surface area contributed by atoms with Gasteiger partial charge < -0.3 is 10.0 Å². The van der Waals surface area contributed by atoms with Gasteiger partial charge in [-0.05, 0) is 38.6 Å². The van der Waals surface area contributed by atoms with Gasteiger partial charge in [-0.2, -0.15) is 0 Å². The first kappa shape index (κ1) is 13.1. The van der Waals surface area contributed by atoms with Gasteiger partial charge in [-0.1, -0.05) is 0 Å². The van der Waals surface area contributed by atoms with Gasteiger partial charge >= 0.3 is 5.97 Å². The average molecular weight is 223 g/mol. The second-order valence-electron chi connectivity index (χ2n) is 4.42. The van der Waals surface area contributed by atoms with Crippen molar-refractivity contribution in [3.8, 4) is 11.8 Å². The fraction of sp³-hybridized carbons (Fsp3) is 0.769. The third-order valence-electron chi connectivity index (χ3n) is 3.10. The molecule has 1 saturated heterocycles. The Bertz CT molecular complexity index is 277. The summed E-state index contributed by atoms with van der Waals surface area (Å²) < 4.78 is 0. The summed E-state index contributed by atoms with van der Waals surface area (Å²) in [4.78, 5) is 12.9. The summed E-state index contributed by atoms with van der Waals surface area (Å²) in [5, 5.41) is 8.65. The minimum atomic E-state index is -0.672. The van der Waals surface area contributed by atoms with Gasteiger partial charge in [-0.3, -0.25) is 4.79 Å². The van der Waals surface area contributed by atoms with Crippen molar-refractivity contribution in [1.82, 2.24) is 4.90 Å². The predicted molar refractivity (Wildman–Crippen MR) is 64.1 cm³/mol. The van der Waals surface area contributed by atoms with E-state index in [9.17, 15) is 4.79 Å². The van der Waals surface area contributed by atoms with Crippen molar-refractivity contribution >= 4 is 5.97 Å². The third-order valence-corrected chi connectivity index (χ3v) is 3.10. The maximum Gasteiger partial charge on any atom is 0.303 e. The van der Waals surface area contributed by atoms with Crippen molar-refractivity contribution < 1.29 is 9.90 Å². The lowest BCUT2D eigenvalue weighted by Crippen LogP contribution is -2.36. The highest BCUT2D eigenvalue weighted by molar-refractivity contribution is 5.66. The van der Waals surface area contributed by atoms with E-state index in [1.807, 2.05) is 6.92 Å². The lowest BCUT2D eigenvalue weighted by Gasteiger charge is -2.32. The van der Waals surface area contributed by atoms with Gasteiger partial charge in [0.15, 0.2) is 0 Å². The molecule has 0 saturated carbocycles. The van der Waals surface area contributed by atoms with Gasteiger partial charge in [-0.15, -0.1) is 11.8 Å². The van der Waals surface area contributed by atoms with Gasteiger partial charge in [0.2, 0.25) is 0 Å². The molecule has 90 valence electrons. The monoisotopic (exact) mass is 223 g/mol. The minimum absolute atomic E-state index is 0.313. The highest BCUT2D eigenvalue weighted by Crippen LogP contribution is 2.20. The van der Waals surface area contributed by atoms with Crippen LogP contribution >= 0.6 is 0 Å². The van der Waals surface area contributed by atoms with Crippen LogP contribution in [0.25, 0.3) is 0 Å². The number of hydrogen-bond donors (Lipinski definition) is 1. The van der Waals surface area contributed by atoms with E-state index in [0.29, 0.717) is 12.3 Å². The van der Waals surface area contributed by atoms with Crippen molar-refractivity contribution in [3.05, 3.63) is 0 Å². The Hall–Kier alpha value is -1.01. The molecule has 1 aliphatic heterocycles. The first-order valence-electron chi connectivity index (χ1n) is 6.06. The Morgan fingerprint density at radius 1 is 1.56 bits per heavy atom. The molecule has 0 amide bonds. The first-order chi connectivity index (χ1) is 7.72. The highest BCUT2D eigenvalue weighted by Gasteiger charge is 2.19. The van der Waals surface area contributed by atoms with Crippen LogP contribution in [0.1, 0.15) is 39.0 Å². The predicted octanol–water partition coefficient (Wildman–Crippen LogP) is 1.98. The summed E-state index contributed by atoms with van der Waals surface area (Å²) in [7, 11) is 0. The number of aliphatic carboxylic acids is 1. The maximum absolute atomic E-state index is 10.5. The largest absolute Gasteiger partial charge is 0.481 e. The molecule has 1 fully saturated rings. The smallest absolute Gasteiger partial charge is 0.303 e. The van der Waals surface area contributed by atoms with Crippen molar-refractivity contribution in [1.29, 1.82) is 0 Å². The van der Waals surface area contributed by atoms with Crippen molar-refractivity contribution in [2.45, 2.75) is 39.0 Å². The maximum atomic E-state index is 10.5. The van der Waals surface area contributed by atoms with E-state index in [1.165, 1.54) is 12.8 Å². The lowest BCUT2D eigenvalue weighted by molar-refractivity contribution is -0.137. The van der Waals surface area contributed by atoms with E-state index in [2.05, 4.69) is 16.7 Å². The second-order valence-corrected chi connectivity index (χ2v) is 4.42. The summed E-state index contributed by atoms with van der Waals surface area (Å²) in [5.74, 6) is 5.88. The Labute approximate surface area is 97.8 Å². The van der Waals surface area contributed by atoms with Crippen molar-refractivity contribution in [3.63, 3.8) is 0 Å². The molecule has 16 heavy (non-hydrogen) atoms. The van der Waals surface area contributed by atoms with Crippen molar-refractivity contribution in [2.75, 3.05) is 19.6 Å². The molecular weight excluding hydrogens is 202 g/mol. The summed E-state index contributed by atoms with van der Waals surface area (Å²) in [6.07, 6.45) is 4.45. The number of piperidine rings is 1. The van der Waals surface area contributed by atoms with E-state index in [-0.39, 0.29) is 0 Å². The van der Waals surface area contributed by atoms with E-state index in [4.69, 9.17) is 5.11 Å². The first-order valence-corrected chi connectivity index (χ1v) is 6.06. The molecular formula is C13H21NO2. The molecule has 0 aromatic heterocycles. The van der Waals surface area contributed by atoms with E-state index >= 15 is 0 Å². The summed E-state index contributed by atoms with van der Waals surface area (Å²) in [5.41, 5.74) is 0. The number of carbonyl (C=O) groups is 1. The van der Waals surface area contributed by atoms with Crippen LogP contribution in [0.5, 0.6) is 0 Å². The molecule has 1 N–H and O–H groups in total. The van der Waals surface area contributed by atoms with Gasteiger partial charge in [0.25, 0.3) is 0 Å². The minimum Gasteiger partial charge on any atom is -0.481 e. The highest BCUT2D eigenvalue weighted by atomic mass is 16.4. The molecule has 0 radical (unpaired) electrons. The lowest BCUT2D eigenvalue weighted by atomic mass is 9.93. The number of carboxylic acids is 1. The zero-order valence-corrected chi connectivity index (χ0v) is 10.0. The SMILES string of the molecule is CC#CCCN1CCCC(CCC(=O)O)C1. The van der Waals surface area contributed by atoms with Crippen LogP contribution < -0.4 is 0 Å². The molecule has 0 aliphatic carbocycles. The summed E-state index contributed by atoms with van der Waals surface area (Å²) in [6.45, 7) is 5.10. The molecule has 0 aromatic carbocycles. The van der Waals surface area contributed by atoms with Crippen molar-refractivity contribution in [2.24, 2.45) is 5.92 Å². The molecule has 0 aromatic rings. The summed E-state index contributed by atoms with van der Waals surface area (Å²) >= 11 is 0. The molecule has 1 atom stereocenters. The molecule has 3 nitrogen and oxygen atoms in total. The fourth-order valence-electron chi connectivity index (χ4n) is 2.26. The van der Waals surface area contributed by atoms with E-state index in [1.54, 1.807) is 0 Å². The Morgan fingerprint density at radius 3 is 3.06 bits per heavy atom. The molecule has 1 rings (SSSR count). The van der Waals surface area contributed by atoms with Crippen LogP contribution in [0.4, 0.5) is 0 Å². The normalized spacial score (nSPS) is 21.2. The van der Waals surface area contributed by atoms with Crippen LogP contribution in [0.3, 0.4) is 0 Å². The number of hydrogen-bond acceptors (Lipinski definition) is 2. The standard InChI is InChI=1S/C13H21NO2/c1-2-3-4-9-14-10-5-6-12(11-14)7-8-13(15)16/h12H,4-11H2,1H3,(H,15,16). The van der Waals surface area contributed by atoms with Gasteiger partial charge in [0.1, 0.15) is 0 Å². The molecule has 0 bridgehead atoms. The zero-order chi connectivity index (χ0) is 11.8. The van der Waals surface area contributed by atoms with Crippen LogP contribution in [0, 0.1) is 17.8 Å². The van der Waals surface area contributed by atoms with Crippen LogP contribution in [-0.2, 0) is 4.79 Å². The van der Waals surface area contributed by atoms with E-state index < -0.39 is 5.97 Å². The Balaban J connectivity index is 2.23. The average Bonchev–Trinajstić information content (AvgIpc) is 2.27. The summed E-state index contributed by atoms with van der Waals surface area (Å²) in [6, 6.07) is 0. The molecule has 1 aliphatic rings. The van der Waals surface area contributed by atoms with Crippen LogP contribution in [-0.4, -0.2) is 35.6 Å². The molecule has 1 heterocycles. The van der Waals surface area contributed by atoms with Crippen LogP contribution in [0.15, 0.2) is 0 Å². The quantitative estimate of drug-likeness (QED) is 0.724. The number of rotatable bonds is 5. The van der Waals surface area contributed by atoms with Gasteiger partial charge in [-0.25, -0.2) is 0 Å². The molecule has 1 unspecified atom stereocenters. The van der Waals surface area contributed by atoms with Crippen LogP contribution in [0.2, 0.25) is 0 Å². The zero-order valence-electron chi connectivity index (χ0n) is 10.0. The number of nitrogens with zero attached hydrogens (tertiary/aromatic N) is 1. The van der Waals surface area contributed by atoms with E-state index in [0.717, 1.165) is 32.5 Å². The molecule has 0 spiro atoms. The molecule has 3 heteroatoms. The second kappa shape index (κ2) is 7.29. The number of carboxylic acid groups (broad SMARTS) is 1. The van der Waals surface area contributed by atoms with Gasteiger partial charge in [0, 0.05) is 25.9 Å². The Morgan fingerprint density at radius 2 is 2.38 bits per heavy atom. The Kier molecular flexibility index (Phi) is 5.95.